The van der Waals surface area contributed by atoms with Crippen molar-refractivity contribution in [2.24, 2.45) is 5.92 Å². The van der Waals surface area contributed by atoms with Gasteiger partial charge in [0.2, 0.25) is 0 Å². The van der Waals surface area contributed by atoms with Crippen LogP contribution < -0.4 is 0 Å². The lowest BCUT2D eigenvalue weighted by Gasteiger charge is -2.04. The zero-order chi connectivity index (χ0) is 9.42. The first kappa shape index (κ1) is 8.49. The minimum absolute atomic E-state index is 0.139. The van der Waals surface area contributed by atoms with Gasteiger partial charge in [-0.15, -0.1) is 0 Å². The molecule has 0 spiro atoms. The van der Waals surface area contributed by atoms with E-state index in [9.17, 15) is 4.39 Å². The van der Waals surface area contributed by atoms with E-state index in [0.717, 1.165) is 12.0 Å². The highest BCUT2D eigenvalue weighted by molar-refractivity contribution is 5.64. The third-order valence-corrected chi connectivity index (χ3v) is 2.58. The molecule has 0 atom stereocenters. The van der Waals surface area contributed by atoms with Gasteiger partial charge in [-0.2, -0.15) is 0 Å². The first-order chi connectivity index (χ1) is 6.16. The van der Waals surface area contributed by atoms with Gasteiger partial charge in [0.1, 0.15) is 5.82 Å². The van der Waals surface area contributed by atoms with Crippen LogP contribution >= 0.6 is 0 Å². The Balaban J connectivity index is 2.38. The van der Waals surface area contributed by atoms with Crippen molar-refractivity contribution < 1.29 is 4.39 Å². The molecule has 1 aromatic rings. The first-order valence-electron chi connectivity index (χ1n) is 4.65. The molecule has 0 amide bonds. The quantitative estimate of drug-likeness (QED) is 0.615. The van der Waals surface area contributed by atoms with E-state index in [1.54, 1.807) is 6.07 Å². The molecule has 0 unspecified atom stereocenters. The molecule has 0 N–H and O–H groups in total. The van der Waals surface area contributed by atoms with Crippen LogP contribution in [0.25, 0.3) is 6.08 Å². The molecule has 0 saturated heterocycles. The summed E-state index contributed by atoms with van der Waals surface area (Å²) < 4.78 is 12.9. The van der Waals surface area contributed by atoms with Crippen molar-refractivity contribution in [3.05, 3.63) is 40.7 Å². The Morgan fingerprint density at radius 3 is 2.77 bits per heavy atom. The summed E-state index contributed by atoms with van der Waals surface area (Å²) in [5.41, 5.74) is 3.72. The Kier molecular flexibility index (Phi) is 1.95. The maximum absolute atomic E-state index is 12.9. The second kappa shape index (κ2) is 2.99. The maximum Gasteiger partial charge on any atom is 0.123 e. The van der Waals surface area contributed by atoms with Gasteiger partial charge in [-0.25, -0.2) is 4.39 Å². The van der Waals surface area contributed by atoms with Crippen molar-refractivity contribution >= 4 is 6.08 Å². The van der Waals surface area contributed by atoms with Gasteiger partial charge in [-0.3, -0.25) is 0 Å². The van der Waals surface area contributed by atoms with Crippen molar-refractivity contribution in [2.75, 3.05) is 0 Å². The molecule has 0 radical (unpaired) electrons. The fourth-order valence-electron chi connectivity index (χ4n) is 1.70. The summed E-state index contributed by atoms with van der Waals surface area (Å²) in [5, 5.41) is 0. The average molecular weight is 176 g/mol. The lowest BCUT2D eigenvalue weighted by atomic mass is 10.0. The van der Waals surface area contributed by atoms with Crippen LogP contribution in [0.15, 0.2) is 23.8 Å². The smallest absolute Gasteiger partial charge is 0.123 e. The Hall–Kier alpha value is -1.11. The minimum atomic E-state index is -0.139. The van der Waals surface area contributed by atoms with Gasteiger partial charge >= 0.3 is 0 Å². The van der Waals surface area contributed by atoms with Gasteiger partial charge in [0.05, 0.1) is 0 Å². The predicted molar refractivity (Wildman–Crippen MR) is 52.9 cm³/mol. The van der Waals surface area contributed by atoms with Crippen LogP contribution in [0.1, 0.15) is 25.0 Å². The third kappa shape index (κ3) is 1.51. The van der Waals surface area contributed by atoms with Crippen molar-refractivity contribution in [3.63, 3.8) is 0 Å². The molecule has 1 aliphatic rings. The van der Waals surface area contributed by atoms with Gasteiger partial charge in [0, 0.05) is 0 Å². The summed E-state index contributed by atoms with van der Waals surface area (Å²) in [6.45, 7) is 4.35. The fraction of sp³-hybridized carbons (Fsp3) is 0.333. The lowest BCUT2D eigenvalue weighted by molar-refractivity contribution is 0.627. The van der Waals surface area contributed by atoms with Gasteiger partial charge in [0.25, 0.3) is 0 Å². The number of halogens is 1. The molecule has 1 aromatic carbocycles. The summed E-state index contributed by atoms with van der Waals surface area (Å²) in [6.07, 6.45) is 3.11. The van der Waals surface area contributed by atoms with Gasteiger partial charge in [-0.1, -0.05) is 31.6 Å². The zero-order valence-corrected chi connectivity index (χ0v) is 7.97. The van der Waals surface area contributed by atoms with E-state index in [2.05, 4.69) is 19.9 Å². The summed E-state index contributed by atoms with van der Waals surface area (Å²) in [6, 6.07) is 5.04. The molecule has 0 aromatic heterocycles. The summed E-state index contributed by atoms with van der Waals surface area (Å²) in [4.78, 5) is 0. The van der Waals surface area contributed by atoms with Crippen LogP contribution in [-0.4, -0.2) is 0 Å². The molecule has 0 nitrogen and oxygen atoms in total. The van der Waals surface area contributed by atoms with Crippen molar-refractivity contribution in [1.82, 2.24) is 0 Å². The zero-order valence-electron chi connectivity index (χ0n) is 7.97. The number of benzene rings is 1. The number of hydrogen-bond acceptors (Lipinski definition) is 0. The summed E-state index contributed by atoms with van der Waals surface area (Å²) in [7, 11) is 0. The highest BCUT2D eigenvalue weighted by Gasteiger charge is 2.14. The Labute approximate surface area is 78.1 Å². The lowest BCUT2D eigenvalue weighted by Crippen LogP contribution is -1.92. The predicted octanol–water partition coefficient (Wildman–Crippen LogP) is 3.42. The normalized spacial score (nSPS) is 14.6. The van der Waals surface area contributed by atoms with E-state index in [0.29, 0.717) is 5.92 Å². The summed E-state index contributed by atoms with van der Waals surface area (Å²) in [5.74, 6) is 0.426. The van der Waals surface area contributed by atoms with Crippen LogP contribution in [-0.2, 0) is 6.42 Å². The van der Waals surface area contributed by atoms with Crippen molar-refractivity contribution in [3.8, 4) is 0 Å². The molecule has 0 heterocycles. The molecule has 1 aliphatic carbocycles. The van der Waals surface area contributed by atoms with E-state index >= 15 is 0 Å². The first-order valence-corrected chi connectivity index (χ1v) is 4.65. The monoisotopic (exact) mass is 176 g/mol. The van der Waals surface area contributed by atoms with E-state index in [-0.39, 0.29) is 5.82 Å². The topological polar surface area (TPSA) is 0 Å². The number of rotatable bonds is 1. The largest absolute Gasteiger partial charge is 0.207 e. The molecule has 13 heavy (non-hydrogen) atoms. The number of hydrogen-bond donors (Lipinski definition) is 0. The second-order valence-corrected chi connectivity index (χ2v) is 3.89. The van der Waals surface area contributed by atoms with Crippen LogP contribution in [0.3, 0.4) is 0 Å². The molecule has 2 rings (SSSR count). The fourth-order valence-corrected chi connectivity index (χ4v) is 1.70. The Morgan fingerprint density at radius 2 is 2.08 bits per heavy atom. The molecule has 0 saturated carbocycles. The highest BCUT2D eigenvalue weighted by Crippen LogP contribution is 2.29. The summed E-state index contributed by atoms with van der Waals surface area (Å²) >= 11 is 0. The molecule has 1 heteroatoms. The molecular formula is C12H13F. The van der Waals surface area contributed by atoms with E-state index in [1.807, 2.05) is 6.07 Å². The van der Waals surface area contributed by atoms with Crippen LogP contribution in [0.4, 0.5) is 4.39 Å². The Morgan fingerprint density at radius 1 is 1.31 bits per heavy atom. The molecule has 68 valence electrons. The third-order valence-electron chi connectivity index (χ3n) is 2.58. The van der Waals surface area contributed by atoms with Crippen molar-refractivity contribution in [1.29, 1.82) is 0 Å². The standard InChI is InChI=1S/C12H13F/c1-8(2)10-5-9-3-4-12(13)7-11(9)6-10/h3-4,6-8H,5H2,1-2H3. The van der Waals surface area contributed by atoms with E-state index < -0.39 is 0 Å². The number of allylic oxidation sites excluding steroid dienone is 1. The second-order valence-electron chi connectivity index (χ2n) is 3.89. The van der Waals surface area contributed by atoms with Crippen LogP contribution in [0, 0.1) is 11.7 Å². The van der Waals surface area contributed by atoms with Crippen LogP contribution in [0.5, 0.6) is 0 Å². The Bertz CT molecular complexity index is 361. The van der Waals surface area contributed by atoms with Gasteiger partial charge < -0.3 is 0 Å². The van der Waals surface area contributed by atoms with Gasteiger partial charge in [0.15, 0.2) is 0 Å². The minimum Gasteiger partial charge on any atom is -0.207 e. The van der Waals surface area contributed by atoms with Crippen LogP contribution in [0.2, 0.25) is 0 Å². The number of fused-ring (bicyclic) bond motifs is 1. The van der Waals surface area contributed by atoms with E-state index in [1.165, 1.54) is 17.2 Å². The SMILES string of the molecule is CC(C)C1=Cc2cc(F)ccc2C1. The van der Waals surface area contributed by atoms with Crippen molar-refractivity contribution in [2.45, 2.75) is 20.3 Å². The van der Waals surface area contributed by atoms with Gasteiger partial charge in [-0.05, 0) is 35.6 Å². The highest BCUT2D eigenvalue weighted by atomic mass is 19.1. The molecular weight excluding hydrogens is 163 g/mol. The average Bonchev–Trinajstić information content (AvgIpc) is 2.46. The maximum atomic E-state index is 12.9. The molecule has 0 aliphatic heterocycles. The molecule has 0 fully saturated rings. The molecule has 0 bridgehead atoms. The van der Waals surface area contributed by atoms with E-state index in [4.69, 9.17) is 0 Å².